The lowest BCUT2D eigenvalue weighted by Gasteiger charge is -2.18. The smallest absolute Gasteiger partial charge is 0.0200 e. The number of hydrogen-bond acceptors (Lipinski definition) is 2. The van der Waals surface area contributed by atoms with Gasteiger partial charge in [-0.05, 0) is 25.9 Å². The summed E-state index contributed by atoms with van der Waals surface area (Å²) in [5, 5.41) is 3.54. The normalized spacial score (nSPS) is 29.7. The van der Waals surface area contributed by atoms with Crippen LogP contribution in [0.5, 0.6) is 0 Å². The van der Waals surface area contributed by atoms with Crippen LogP contribution in [0.2, 0.25) is 0 Å². The van der Waals surface area contributed by atoms with Crippen LogP contribution in [0.1, 0.15) is 20.3 Å². The first-order valence-corrected chi connectivity index (χ1v) is 4.38. The maximum Gasteiger partial charge on any atom is 0.0200 e. The van der Waals surface area contributed by atoms with Gasteiger partial charge < -0.3 is 10.2 Å². The van der Waals surface area contributed by atoms with Crippen molar-refractivity contribution >= 4 is 0 Å². The fourth-order valence-electron chi connectivity index (χ4n) is 1.80. The van der Waals surface area contributed by atoms with Crippen LogP contribution in [-0.4, -0.2) is 38.1 Å². The Morgan fingerprint density at radius 1 is 1.45 bits per heavy atom. The standard InChI is InChI=1S/C9H20N2/c1-9(2)5-8(10-7-9)6-11(3)4/h8,10H,5-7H2,1-4H3. The van der Waals surface area contributed by atoms with Gasteiger partial charge in [0.1, 0.15) is 0 Å². The van der Waals surface area contributed by atoms with Gasteiger partial charge >= 0.3 is 0 Å². The summed E-state index contributed by atoms with van der Waals surface area (Å²) < 4.78 is 0. The summed E-state index contributed by atoms with van der Waals surface area (Å²) in [5.74, 6) is 0. The molecule has 1 N–H and O–H groups in total. The lowest BCUT2D eigenvalue weighted by Crippen LogP contribution is -2.33. The number of rotatable bonds is 2. The number of nitrogens with one attached hydrogen (secondary N) is 1. The number of likely N-dealkylation sites (N-methyl/N-ethyl adjacent to an activating group) is 1. The second-order valence-electron chi connectivity index (χ2n) is 4.71. The van der Waals surface area contributed by atoms with E-state index in [9.17, 15) is 0 Å². The van der Waals surface area contributed by atoms with Crippen molar-refractivity contribution in [3.63, 3.8) is 0 Å². The summed E-state index contributed by atoms with van der Waals surface area (Å²) in [6.07, 6.45) is 1.31. The third-order valence-corrected chi connectivity index (χ3v) is 2.25. The van der Waals surface area contributed by atoms with Gasteiger partial charge in [-0.1, -0.05) is 13.8 Å². The summed E-state index contributed by atoms with van der Waals surface area (Å²) in [5.41, 5.74) is 0.515. The monoisotopic (exact) mass is 156 g/mol. The summed E-state index contributed by atoms with van der Waals surface area (Å²) in [6, 6.07) is 0.708. The molecule has 1 aliphatic heterocycles. The first kappa shape index (κ1) is 9.01. The van der Waals surface area contributed by atoms with Gasteiger partial charge in [0.05, 0.1) is 0 Å². The first-order valence-electron chi connectivity index (χ1n) is 4.38. The fraction of sp³-hybridized carbons (Fsp3) is 1.00. The molecule has 1 aliphatic rings. The zero-order valence-electron chi connectivity index (χ0n) is 8.15. The Hall–Kier alpha value is -0.0800. The molecule has 0 aromatic carbocycles. The minimum atomic E-state index is 0.515. The van der Waals surface area contributed by atoms with Gasteiger partial charge in [0.2, 0.25) is 0 Å². The molecule has 0 radical (unpaired) electrons. The van der Waals surface area contributed by atoms with Gasteiger partial charge in [-0.3, -0.25) is 0 Å². The van der Waals surface area contributed by atoms with E-state index >= 15 is 0 Å². The van der Waals surface area contributed by atoms with Gasteiger partial charge in [0.15, 0.2) is 0 Å². The van der Waals surface area contributed by atoms with Crippen molar-refractivity contribution in [3.05, 3.63) is 0 Å². The Morgan fingerprint density at radius 3 is 2.45 bits per heavy atom. The van der Waals surface area contributed by atoms with Crippen LogP contribution in [0.3, 0.4) is 0 Å². The molecular formula is C9H20N2. The lowest BCUT2D eigenvalue weighted by molar-refractivity contribution is 0.337. The molecule has 1 heterocycles. The van der Waals surface area contributed by atoms with Crippen LogP contribution in [0.25, 0.3) is 0 Å². The molecule has 1 atom stereocenters. The van der Waals surface area contributed by atoms with Gasteiger partial charge in [0, 0.05) is 19.1 Å². The molecule has 0 spiro atoms. The Balaban J connectivity index is 2.31. The van der Waals surface area contributed by atoms with Crippen LogP contribution >= 0.6 is 0 Å². The van der Waals surface area contributed by atoms with Gasteiger partial charge in [-0.25, -0.2) is 0 Å². The highest BCUT2D eigenvalue weighted by molar-refractivity contribution is 4.88. The predicted molar refractivity (Wildman–Crippen MR) is 48.7 cm³/mol. The molecule has 2 heteroatoms. The van der Waals surface area contributed by atoms with Crippen LogP contribution in [0, 0.1) is 5.41 Å². The Bertz CT molecular complexity index is 130. The largest absolute Gasteiger partial charge is 0.312 e. The SMILES string of the molecule is CN(C)CC1CC(C)(C)CN1. The molecule has 1 saturated heterocycles. The van der Waals surface area contributed by atoms with Crippen LogP contribution in [0.4, 0.5) is 0 Å². The molecule has 0 aliphatic carbocycles. The molecule has 0 bridgehead atoms. The van der Waals surface area contributed by atoms with Crippen molar-refractivity contribution in [2.75, 3.05) is 27.2 Å². The zero-order valence-corrected chi connectivity index (χ0v) is 8.15. The minimum absolute atomic E-state index is 0.515. The van der Waals surface area contributed by atoms with E-state index in [1.807, 2.05) is 0 Å². The first-order chi connectivity index (χ1) is 4.99. The highest BCUT2D eigenvalue weighted by Crippen LogP contribution is 2.26. The minimum Gasteiger partial charge on any atom is -0.312 e. The Kier molecular flexibility index (Phi) is 2.55. The predicted octanol–water partition coefficient (Wildman–Crippen LogP) is 0.936. The van der Waals surface area contributed by atoms with E-state index in [0.29, 0.717) is 11.5 Å². The Morgan fingerprint density at radius 2 is 2.09 bits per heavy atom. The van der Waals surface area contributed by atoms with E-state index in [-0.39, 0.29) is 0 Å². The third-order valence-electron chi connectivity index (χ3n) is 2.25. The average molecular weight is 156 g/mol. The molecule has 0 aromatic rings. The zero-order chi connectivity index (χ0) is 8.48. The molecule has 2 nitrogen and oxygen atoms in total. The van der Waals surface area contributed by atoms with E-state index in [0.717, 1.165) is 0 Å². The van der Waals surface area contributed by atoms with Crippen molar-refractivity contribution in [2.45, 2.75) is 26.3 Å². The summed E-state index contributed by atoms with van der Waals surface area (Å²) >= 11 is 0. The molecule has 11 heavy (non-hydrogen) atoms. The van der Waals surface area contributed by atoms with E-state index in [1.165, 1.54) is 19.5 Å². The van der Waals surface area contributed by atoms with Crippen molar-refractivity contribution in [2.24, 2.45) is 5.41 Å². The molecule has 1 unspecified atom stereocenters. The second kappa shape index (κ2) is 3.11. The number of nitrogens with zero attached hydrogens (tertiary/aromatic N) is 1. The molecule has 66 valence electrons. The molecule has 0 amide bonds. The van der Waals surface area contributed by atoms with Gasteiger partial charge in [-0.2, -0.15) is 0 Å². The third kappa shape index (κ3) is 2.80. The average Bonchev–Trinajstić information content (AvgIpc) is 2.08. The fourth-order valence-corrected chi connectivity index (χ4v) is 1.80. The quantitative estimate of drug-likeness (QED) is 0.640. The number of hydrogen-bond donors (Lipinski definition) is 1. The Labute approximate surface area is 70.0 Å². The maximum absolute atomic E-state index is 3.54. The van der Waals surface area contributed by atoms with E-state index in [4.69, 9.17) is 0 Å². The van der Waals surface area contributed by atoms with Crippen molar-refractivity contribution in [3.8, 4) is 0 Å². The topological polar surface area (TPSA) is 15.3 Å². The van der Waals surface area contributed by atoms with Crippen LogP contribution in [-0.2, 0) is 0 Å². The van der Waals surface area contributed by atoms with Gasteiger partial charge in [-0.15, -0.1) is 0 Å². The maximum atomic E-state index is 3.54. The summed E-state index contributed by atoms with van der Waals surface area (Å²) in [4.78, 5) is 2.25. The molecular weight excluding hydrogens is 136 g/mol. The van der Waals surface area contributed by atoms with E-state index < -0.39 is 0 Å². The molecule has 0 aromatic heterocycles. The van der Waals surface area contributed by atoms with E-state index in [2.05, 4.69) is 38.2 Å². The molecule has 0 saturated carbocycles. The van der Waals surface area contributed by atoms with Gasteiger partial charge in [0.25, 0.3) is 0 Å². The summed E-state index contributed by atoms with van der Waals surface area (Å²) in [7, 11) is 4.26. The van der Waals surface area contributed by atoms with Crippen LogP contribution < -0.4 is 5.32 Å². The molecule has 1 fully saturated rings. The highest BCUT2D eigenvalue weighted by atomic mass is 15.1. The molecule has 1 rings (SSSR count). The van der Waals surface area contributed by atoms with Crippen molar-refractivity contribution in [1.29, 1.82) is 0 Å². The second-order valence-corrected chi connectivity index (χ2v) is 4.71. The lowest BCUT2D eigenvalue weighted by atomic mass is 9.90. The van der Waals surface area contributed by atoms with Crippen molar-refractivity contribution < 1.29 is 0 Å². The summed E-state index contributed by atoms with van der Waals surface area (Å²) in [6.45, 7) is 7.00. The van der Waals surface area contributed by atoms with Crippen LogP contribution in [0.15, 0.2) is 0 Å². The van der Waals surface area contributed by atoms with E-state index in [1.54, 1.807) is 0 Å². The highest BCUT2D eigenvalue weighted by Gasteiger charge is 2.30. The van der Waals surface area contributed by atoms with Crippen molar-refractivity contribution in [1.82, 2.24) is 10.2 Å².